The third-order valence-electron chi connectivity index (χ3n) is 1.67. The van der Waals surface area contributed by atoms with E-state index < -0.39 is 5.97 Å². The molecule has 84 valence electrons. The summed E-state index contributed by atoms with van der Waals surface area (Å²) in [5.41, 5.74) is 1.26. The van der Waals surface area contributed by atoms with Crippen molar-refractivity contribution in [1.29, 1.82) is 0 Å². The Hall–Kier alpha value is -2.17. The monoisotopic (exact) mass is 220 g/mol. The zero-order valence-corrected chi connectivity index (χ0v) is 9.02. The fraction of sp³-hybridized carbons (Fsp3) is 0.182. The molecule has 1 heterocycles. The van der Waals surface area contributed by atoms with Gasteiger partial charge < -0.3 is 10.4 Å². The third kappa shape index (κ3) is 3.53. The molecule has 0 saturated carbocycles. The molecule has 5 nitrogen and oxygen atoms in total. The van der Waals surface area contributed by atoms with E-state index in [9.17, 15) is 9.59 Å². The summed E-state index contributed by atoms with van der Waals surface area (Å²) in [6.07, 6.45) is 4.04. The number of anilines is 1. The average Bonchev–Trinajstić information content (AvgIpc) is 2.16. The van der Waals surface area contributed by atoms with Crippen LogP contribution in [0.5, 0.6) is 0 Å². The van der Waals surface area contributed by atoms with Crippen molar-refractivity contribution in [2.75, 3.05) is 5.32 Å². The summed E-state index contributed by atoms with van der Waals surface area (Å²) in [4.78, 5) is 25.7. The van der Waals surface area contributed by atoms with Crippen LogP contribution in [0.3, 0.4) is 0 Å². The predicted octanol–water partition coefficient (Wildman–Crippen LogP) is 1.68. The highest BCUT2D eigenvalue weighted by molar-refractivity contribution is 6.00. The van der Waals surface area contributed by atoms with Crippen LogP contribution in [0, 0.1) is 0 Å². The van der Waals surface area contributed by atoms with Gasteiger partial charge in [0.1, 0.15) is 0 Å². The van der Waals surface area contributed by atoms with E-state index in [-0.39, 0.29) is 11.5 Å². The smallest absolute Gasteiger partial charge is 0.337 e. The quantitative estimate of drug-likeness (QED) is 0.759. The first kappa shape index (κ1) is 11.9. The number of amides is 1. The van der Waals surface area contributed by atoms with Crippen molar-refractivity contribution < 1.29 is 14.7 Å². The Kier molecular flexibility index (Phi) is 3.77. The first-order valence-electron chi connectivity index (χ1n) is 4.63. The van der Waals surface area contributed by atoms with Gasteiger partial charge in [-0.15, -0.1) is 0 Å². The summed E-state index contributed by atoms with van der Waals surface area (Å²) in [7, 11) is 0. The van der Waals surface area contributed by atoms with Crippen LogP contribution >= 0.6 is 0 Å². The number of carboxylic acids is 1. The average molecular weight is 220 g/mol. The first-order valence-corrected chi connectivity index (χ1v) is 4.63. The standard InChI is InChI=1S/C11H12N2O3/c1-7(2)3-10(14)13-9-4-8(11(15)16)5-12-6-9/h3-6H,1-2H3,(H,13,14)(H,15,16). The summed E-state index contributed by atoms with van der Waals surface area (Å²) in [5, 5.41) is 11.3. The molecule has 0 spiro atoms. The number of carboxylic acid groups (broad SMARTS) is 1. The number of hydrogen-bond acceptors (Lipinski definition) is 3. The fourth-order valence-corrected chi connectivity index (χ4v) is 1.07. The van der Waals surface area contributed by atoms with E-state index in [1.807, 2.05) is 0 Å². The first-order chi connectivity index (χ1) is 7.49. The van der Waals surface area contributed by atoms with E-state index in [1.165, 1.54) is 24.5 Å². The zero-order chi connectivity index (χ0) is 12.1. The Morgan fingerprint density at radius 3 is 2.62 bits per heavy atom. The predicted molar refractivity (Wildman–Crippen MR) is 59.3 cm³/mol. The van der Waals surface area contributed by atoms with Gasteiger partial charge in [-0.05, 0) is 19.9 Å². The molecule has 0 radical (unpaired) electrons. The van der Waals surface area contributed by atoms with E-state index >= 15 is 0 Å². The van der Waals surface area contributed by atoms with Crippen molar-refractivity contribution in [3.8, 4) is 0 Å². The highest BCUT2D eigenvalue weighted by Gasteiger charge is 2.05. The normalized spacial score (nSPS) is 9.38. The molecular formula is C11H12N2O3. The molecule has 0 unspecified atom stereocenters. The number of rotatable bonds is 3. The van der Waals surface area contributed by atoms with Gasteiger partial charge in [0.25, 0.3) is 0 Å². The largest absolute Gasteiger partial charge is 0.478 e. The molecule has 1 rings (SSSR count). The molecule has 0 aromatic carbocycles. The topological polar surface area (TPSA) is 79.3 Å². The summed E-state index contributed by atoms with van der Waals surface area (Å²) >= 11 is 0. The minimum Gasteiger partial charge on any atom is -0.478 e. The van der Waals surface area contributed by atoms with Crippen LogP contribution in [0.1, 0.15) is 24.2 Å². The summed E-state index contributed by atoms with van der Waals surface area (Å²) in [5.74, 6) is -1.38. The SMILES string of the molecule is CC(C)=CC(=O)Nc1cncc(C(=O)O)c1. The Bertz CT molecular complexity index is 448. The van der Waals surface area contributed by atoms with Crippen LogP contribution in [0.2, 0.25) is 0 Å². The second kappa shape index (κ2) is 5.06. The molecule has 0 aliphatic heterocycles. The molecule has 0 saturated heterocycles. The van der Waals surface area contributed by atoms with Crippen LogP contribution in [0.25, 0.3) is 0 Å². The van der Waals surface area contributed by atoms with Gasteiger partial charge in [-0.3, -0.25) is 9.78 Å². The Labute approximate surface area is 92.8 Å². The number of nitrogens with one attached hydrogen (secondary N) is 1. The second-order valence-electron chi connectivity index (χ2n) is 3.48. The van der Waals surface area contributed by atoms with Crippen molar-refractivity contribution in [2.24, 2.45) is 0 Å². The maximum atomic E-state index is 11.3. The maximum absolute atomic E-state index is 11.3. The van der Waals surface area contributed by atoms with E-state index in [1.54, 1.807) is 13.8 Å². The molecule has 1 aromatic heterocycles. The fourth-order valence-electron chi connectivity index (χ4n) is 1.07. The number of hydrogen-bond donors (Lipinski definition) is 2. The molecule has 16 heavy (non-hydrogen) atoms. The van der Waals surface area contributed by atoms with Gasteiger partial charge in [-0.2, -0.15) is 0 Å². The lowest BCUT2D eigenvalue weighted by Gasteiger charge is -2.02. The lowest BCUT2D eigenvalue weighted by molar-refractivity contribution is -0.111. The third-order valence-corrected chi connectivity index (χ3v) is 1.67. The Morgan fingerprint density at radius 2 is 2.06 bits per heavy atom. The van der Waals surface area contributed by atoms with Crippen molar-refractivity contribution in [2.45, 2.75) is 13.8 Å². The van der Waals surface area contributed by atoms with Crippen LogP contribution in [0.15, 0.2) is 30.1 Å². The molecule has 5 heteroatoms. The molecule has 0 aliphatic carbocycles. The van der Waals surface area contributed by atoms with Gasteiger partial charge in [-0.25, -0.2) is 4.79 Å². The van der Waals surface area contributed by atoms with E-state index in [2.05, 4.69) is 10.3 Å². The maximum Gasteiger partial charge on any atom is 0.337 e. The molecular weight excluding hydrogens is 208 g/mol. The Balaban J connectivity index is 2.82. The highest BCUT2D eigenvalue weighted by atomic mass is 16.4. The van der Waals surface area contributed by atoms with E-state index in [4.69, 9.17) is 5.11 Å². The lowest BCUT2D eigenvalue weighted by Crippen LogP contribution is -2.09. The minimum absolute atomic E-state index is 0.0370. The van der Waals surface area contributed by atoms with Gasteiger partial charge in [0, 0.05) is 12.3 Å². The molecule has 1 amide bonds. The zero-order valence-electron chi connectivity index (χ0n) is 9.02. The number of carbonyl (C=O) groups excluding carboxylic acids is 1. The molecule has 0 atom stereocenters. The summed E-state index contributed by atoms with van der Waals surface area (Å²) in [6, 6.07) is 1.35. The highest BCUT2D eigenvalue weighted by Crippen LogP contribution is 2.08. The van der Waals surface area contributed by atoms with Crippen LogP contribution in [-0.2, 0) is 4.79 Å². The molecule has 2 N–H and O–H groups in total. The number of pyridine rings is 1. The molecule has 1 aromatic rings. The van der Waals surface area contributed by atoms with Gasteiger partial charge in [-0.1, -0.05) is 5.57 Å². The second-order valence-corrected chi connectivity index (χ2v) is 3.48. The number of aromatic nitrogens is 1. The van der Waals surface area contributed by atoms with Gasteiger partial charge in [0.2, 0.25) is 5.91 Å². The van der Waals surface area contributed by atoms with Crippen molar-refractivity contribution >= 4 is 17.6 Å². The lowest BCUT2D eigenvalue weighted by atomic mass is 10.2. The summed E-state index contributed by atoms with van der Waals surface area (Å²) in [6.45, 7) is 3.59. The van der Waals surface area contributed by atoms with E-state index in [0.29, 0.717) is 5.69 Å². The molecule has 0 fully saturated rings. The minimum atomic E-state index is -1.08. The Morgan fingerprint density at radius 1 is 1.38 bits per heavy atom. The van der Waals surface area contributed by atoms with E-state index in [0.717, 1.165) is 5.57 Å². The van der Waals surface area contributed by atoms with Crippen molar-refractivity contribution in [1.82, 2.24) is 4.98 Å². The van der Waals surface area contributed by atoms with Crippen molar-refractivity contribution in [3.05, 3.63) is 35.7 Å². The van der Waals surface area contributed by atoms with Crippen LogP contribution in [0.4, 0.5) is 5.69 Å². The van der Waals surface area contributed by atoms with Crippen LogP contribution in [-0.4, -0.2) is 22.0 Å². The molecule has 0 aliphatic rings. The summed E-state index contributed by atoms with van der Waals surface area (Å²) < 4.78 is 0. The number of carbonyl (C=O) groups is 2. The van der Waals surface area contributed by atoms with Gasteiger partial charge in [0.15, 0.2) is 0 Å². The van der Waals surface area contributed by atoms with Crippen LogP contribution < -0.4 is 5.32 Å². The number of nitrogens with zero attached hydrogens (tertiary/aromatic N) is 1. The molecule has 0 bridgehead atoms. The van der Waals surface area contributed by atoms with Gasteiger partial charge in [0.05, 0.1) is 17.4 Å². The van der Waals surface area contributed by atoms with Crippen molar-refractivity contribution in [3.63, 3.8) is 0 Å². The van der Waals surface area contributed by atoms with Gasteiger partial charge >= 0.3 is 5.97 Å². The number of allylic oxidation sites excluding steroid dienone is 1. The number of aromatic carboxylic acids is 1.